The van der Waals surface area contributed by atoms with Crippen LogP contribution in [0.1, 0.15) is 6.92 Å². The Labute approximate surface area is 136 Å². The monoisotopic (exact) mass is 436 g/mol. The average molecular weight is 437 g/mol. The van der Waals surface area contributed by atoms with Gasteiger partial charge < -0.3 is 15.7 Å². The van der Waals surface area contributed by atoms with Crippen LogP contribution >= 0.6 is 34.2 Å². The number of anilines is 1. The third kappa shape index (κ3) is 4.13. The molecule has 0 bridgehead atoms. The van der Waals surface area contributed by atoms with Gasteiger partial charge >= 0.3 is 18.2 Å². The summed E-state index contributed by atoms with van der Waals surface area (Å²) in [6.45, 7) is 0.352. The van der Waals surface area contributed by atoms with Crippen LogP contribution in [0.5, 0.6) is 0 Å². The molecule has 0 heterocycles. The van der Waals surface area contributed by atoms with Gasteiger partial charge in [-0.25, -0.2) is 9.59 Å². The number of nitrogens with one attached hydrogen (secondary N) is 2. The van der Waals surface area contributed by atoms with Crippen molar-refractivity contribution in [2.45, 2.75) is 18.6 Å². The van der Waals surface area contributed by atoms with E-state index in [-0.39, 0.29) is 10.7 Å². The molecule has 21 heavy (non-hydrogen) atoms. The van der Waals surface area contributed by atoms with Crippen molar-refractivity contribution in [2.75, 3.05) is 5.32 Å². The van der Waals surface area contributed by atoms with Gasteiger partial charge in [0.25, 0.3) is 0 Å². The van der Waals surface area contributed by atoms with Crippen molar-refractivity contribution in [1.82, 2.24) is 5.32 Å². The number of hydrogen-bond donors (Lipinski definition) is 3. The van der Waals surface area contributed by atoms with Gasteiger partial charge in [-0.05, 0) is 47.7 Å². The molecule has 116 valence electrons. The molecule has 0 saturated carbocycles. The zero-order chi connectivity index (χ0) is 16.4. The standard InChI is InChI=1S/C11H9ClF3IN2O3/c1-10(8(19)20,11(13,14)15)18-9(21)17-7-3-2-5(16)4-6(7)12/h2-4H,1H3,(H,19,20)(H2,17,18,21). The first-order valence-electron chi connectivity index (χ1n) is 5.31. The zero-order valence-corrected chi connectivity index (χ0v) is 13.3. The molecule has 0 aliphatic carbocycles. The number of rotatable bonds is 3. The molecule has 1 aromatic rings. The van der Waals surface area contributed by atoms with E-state index in [1.165, 1.54) is 17.4 Å². The lowest BCUT2D eigenvalue weighted by molar-refractivity contribution is -0.203. The second-order valence-electron chi connectivity index (χ2n) is 4.13. The van der Waals surface area contributed by atoms with Gasteiger partial charge in [0.1, 0.15) is 0 Å². The fourth-order valence-electron chi connectivity index (χ4n) is 1.22. The summed E-state index contributed by atoms with van der Waals surface area (Å²) in [4.78, 5) is 22.3. The number of halogens is 5. The van der Waals surface area contributed by atoms with Gasteiger partial charge in [0.2, 0.25) is 5.54 Å². The Morgan fingerprint density at radius 3 is 2.33 bits per heavy atom. The van der Waals surface area contributed by atoms with E-state index in [2.05, 4.69) is 5.32 Å². The summed E-state index contributed by atoms with van der Waals surface area (Å²) in [6, 6.07) is 3.11. The molecular weight excluding hydrogens is 427 g/mol. The van der Waals surface area contributed by atoms with Gasteiger partial charge in [0.15, 0.2) is 0 Å². The summed E-state index contributed by atoms with van der Waals surface area (Å²) >= 11 is 7.77. The van der Waals surface area contributed by atoms with Crippen LogP contribution in [0.15, 0.2) is 18.2 Å². The Balaban J connectivity index is 2.92. The van der Waals surface area contributed by atoms with Crippen molar-refractivity contribution in [3.05, 3.63) is 26.8 Å². The molecule has 1 atom stereocenters. The first-order chi connectivity index (χ1) is 9.47. The molecule has 1 unspecified atom stereocenters. The Kier molecular flexibility index (Phi) is 5.31. The third-order valence-electron chi connectivity index (χ3n) is 2.54. The predicted octanol–water partition coefficient (Wildman–Crippen LogP) is 3.47. The topological polar surface area (TPSA) is 78.4 Å². The fourth-order valence-corrected chi connectivity index (χ4v) is 2.12. The molecule has 0 saturated heterocycles. The zero-order valence-electron chi connectivity index (χ0n) is 10.4. The average Bonchev–Trinajstić information content (AvgIpc) is 2.31. The van der Waals surface area contributed by atoms with E-state index in [9.17, 15) is 22.8 Å². The summed E-state index contributed by atoms with van der Waals surface area (Å²) in [5.41, 5.74) is -3.35. The lowest BCUT2D eigenvalue weighted by Gasteiger charge is -2.28. The number of hydrogen-bond acceptors (Lipinski definition) is 2. The lowest BCUT2D eigenvalue weighted by Crippen LogP contribution is -2.62. The van der Waals surface area contributed by atoms with Crippen LogP contribution in [0.25, 0.3) is 0 Å². The summed E-state index contributed by atoms with van der Waals surface area (Å²) in [5.74, 6) is -2.22. The number of amides is 2. The van der Waals surface area contributed by atoms with Gasteiger partial charge in [0, 0.05) is 3.57 Å². The van der Waals surface area contributed by atoms with E-state index in [0.29, 0.717) is 6.92 Å². The van der Waals surface area contributed by atoms with Crippen molar-refractivity contribution < 1.29 is 27.9 Å². The predicted molar refractivity (Wildman–Crippen MR) is 78.4 cm³/mol. The number of carboxylic acid groups (broad SMARTS) is 1. The quantitative estimate of drug-likeness (QED) is 0.635. The number of carbonyl (C=O) groups excluding carboxylic acids is 1. The molecule has 5 nitrogen and oxygen atoms in total. The van der Waals surface area contributed by atoms with Crippen molar-refractivity contribution in [3.8, 4) is 0 Å². The van der Waals surface area contributed by atoms with Gasteiger partial charge in [-0.2, -0.15) is 13.2 Å². The molecule has 0 fully saturated rings. The molecule has 0 aliphatic rings. The minimum Gasteiger partial charge on any atom is -0.479 e. The number of carbonyl (C=O) groups is 2. The van der Waals surface area contributed by atoms with Crippen LogP contribution in [0, 0.1) is 3.57 Å². The van der Waals surface area contributed by atoms with Gasteiger partial charge in [-0.3, -0.25) is 0 Å². The number of carboxylic acids is 1. The minimum atomic E-state index is -5.16. The molecule has 0 aromatic heterocycles. The summed E-state index contributed by atoms with van der Waals surface area (Å²) in [6.07, 6.45) is -5.16. The molecule has 2 amide bonds. The molecule has 0 spiro atoms. The fraction of sp³-hybridized carbons (Fsp3) is 0.273. The first-order valence-corrected chi connectivity index (χ1v) is 6.77. The van der Waals surface area contributed by atoms with Gasteiger partial charge in [-0.15, -0.1) is 0 Å². The van der Waals surface area contributed by atoms with Gasteiger partial charge in [0.05, 0.1) is 10.7 Å². The van der Waals surface area contributed by atoms with E-state index < -0.39 is 23.7 Å². The first kappa shape index (κ1) is 17.8. The van der Waals surface area contributed by atoms with Crippen molar-refractivity contribution in [1.29, 1.82) is 0 Å². The second kappa shape index (κ2) is 6.26. The van der Waals surface area contributed by atoms with Gasteiger partial charge in [-0.1, -0.05) is 11.6 Å². The number of aliphatic carboxylic acids is 1. The Bertz CT molecular complexity index is 582. The Morgan fingerprint density at radius 1 is 1.33 bits per heavy atom. The van der Waals surface area contributed by atoms with Crippen molar-refractivity contribution in [3.63, 3.8) is 0 Å². The highest BCUT2D eigenvalue weighted by Gasteiger charge is 2.58. The Morgan fingerprint density at radius 2 is 1.90 bits per heavy atom. The molecule has 0 radical (unpaired) electrons. The number of benzene rings is 1. The van der Waals surface area contributed by atoms with Crippen LogP contribution in [0.2, 0.25) is 5.02 Å². The SMILES string of the molecule is CC(NC(=O)Nc1ccc(I)cc1Cl)(C(=O)O)C(F)(F)F. The van der Waals surface area contributed by atoms with E-state index in [0.717, 1.165) is 3.57 Å². The summed E-state index contributed by atoms with van der Waals surface area (Å²) in [7, 11) is 0. The van der Waals surface area contributed by atoms with Crippen LogP contribution < -0.4 is 10.6 Å². The molecule has 0 aliphatic heterocycles. The molecule has 1 aromatic carbocycles. The normalized spacial score (nSPS) is 14.2. The Hall–Kier alpha value is -1.23. The number of urea groups is 1. The highest BCUT2D eigenvalue weighted by atomic mass is 127. The minimum absolute atomic E-state index is 0.0597. The van der Waals surface area contributed by atoms with E-state index in [4.69, 9.17) is 16.7 Å². The summed E-state index contributed by atoms with van der Waals surface area (Å²) in [5, 5.41) is 12.3. The molecular formula is C11H9ClF3IN2O3. The van der Waals surface area contributed by atoms with Crippen molar-refractivity contribution in [2.24, 2.45) is 0 Å². The second-order valence-corrected chi connectivity index (χ2v) is 5.78. The maximum Gasteiger partial charge on any atom is 0.422 e. The van der Waals surface area contributed by atoms with Crippen LogP contribution in [-0.4, -0.2) is 28.8 Å². The lowest BCUT2D eigenvalue weighted by atomic mass is 10.0. The number of alkyl halides is 3. The highest BCUT2D eigenvalue weighted by molar-refractivity contribution is 14.1. The van der Waals surface area contributed by atoms with Crippen LogP contribution in [0.3, 0.4) is 0 Å². The molecule has 10 heteroatoms. The summed E-state index contributed by atoms with van der Waals surface area (Å²) < 4.78 is 39.0. The van der Waals surface area contributed by atoms with E-state index >= 15 is 0 Å². The third-order valence-corrected chi connectivity index (χ3v) is 3.52. The molecule has 1 rings (SSSR count). The van der Waals surface area contributed by atoms with Crippen molar-refractivity contribution >= 4 is 51.9 Å². The molecule has 3 N–H and O–H groups in total. The highest BCUT2D eigenvalue weighted by Crippen LogP contribution is 2.31. The van der Waals surface area contributed by atoms with E-state index in [1.807, 2.05) is 22.6 Å². The van der Waals surface area contributed by atoms with E-state index in [1.54, 1.807) is 6.07 Å². The maximum atomic E-state index is 12.7. The largest absolute Gasteiger partial charge is 0.479 e. The smallest absolute Gasteiger partial charge is 0.422 e. The van der Waals surface area contributed by atoms with Crippen LogP contribution in [0.4, 0.5) is 23.7 Å². The van der Waals surface area contributed by atoms with Crippen LogP contribution in [-0.2, 0) is 4.79 Å². The maximum absolute atomic E-state index is 12.7.